The first-order valence-electron chi connectivity index (χ1n) is 4.41. The molecule has 2 rings (SSSR count). The molecule has 0 saturated carbocycles. The zero-order valence-corrected chi connectivity index (χ0v) is 7.60. The zero-order valence-electron chi connectivity index (χ0n) is 7.60. The second-order valence-electron chi connectivity index (χ2n) is 2.97. The van der Waals surface area contributed by atoms with Crippen molar-refractivity contribution >= 4 is 5.57 Å². The molecule has 0 unspecified atom stereocenters. The Labute approximate surface area is 81.8 Å². The summed E-state index contributed by atoms with van der Waals surface area (Å²) in [6.07, 6.45) is 2.86. The van der Waals surface area contributed by atoms with Crippen LogP contribution in [-0.2, 0) is 4.74 Å². The van der Waals surface area contributed by atoms with Gasteiger partial charge in [-0.05, 0) is 24.1 Å². The van der Waals surface area contributed by atoms with Gasteiger partial charge in [-0.1, -0.05) is 6.08 Å². The minimum absolute atomic E-state index is 0.349. The van der Waals surface area contributed by atoms with Crippen LogP contribution in [0.25, 0.3) is 5.57 Å². The molecule has 0 fully saturated rings. The zero-order chi connectivity index (χ0) is 9.80. The van der Waals surface area contributed by atoms with Crippen molar-refractivity contribution in [3.05, 3.63) is 29.6 Å². The third-order valence-corrected chi connectivity index (χ3v) is 2.07. The van der Waals surface area contributed by atoms with Gasteiger partial charge in [-0.3, -0.25) is 0 Å². The molecule has 0 amide bonds. The molecule has 0 saturated heterocycles. The normalized spacial score (nSPS) is 15.8. The van der Waals surface area contributed by atoms with E-state index in [1.165, 1.54) is 0 Å². The summed E-state index contributed by atoms with van der Waals surface area (Å²) < 4.78 is 5.19. The minimum Gasteiger partial charge on any atom is -0.377 e. The predicted octanol–water partition coefficient (Wildman–Crippen LogP) is 1.15. The summed E-state index contributed by atoms with van der Waals surface area (Å²) in [6, 6.07) is 5.44. The Hall–Kier alpha value is -1.73. The molecule has 0 aromatic carbocycles. The van der Waals surface area contributed by atoms with E-state index in [-0.39, 0.29) is 0 Å². The number of ether oxygens (including phenoxy) is 1. The average molecular weight is 187 g/mol. The molecule has 2 heterocycles. The molecule has 70 valence electrons. The Kier molecular flexibility index (Phi) is 2.52. The summed E-state index contributed by atoms with van der Waals surface area (Å²) >= 11 is 0. The standard InChI is InChI=1S/C10H9N3O/c11-7-9-1-2-10(13-12-9)8-3-5-14-6-4-8/h1-3H,4-6H2. The van der Waals surface area contributed by atoms with Gasteiger partial charge in [0.05, 0.1) is 18.9 Å². The summed E-state index contributed by atoms with van der Waals surface area (Å²) in [4.78, 5) is 0. The maximum Gasteiger partial charge on any atom is 0.163 e. The molecule has 0 atom stereocenters. The van der Waals surface area contributed by atoms with Crippen molar-refractivity contribution < 1.29 is 4.74 Å². The number of hydrogen-bond acceptors (Lipinski definition) is 4. The van der Waals surface area contributed by atoms with Crippen LogP contribution in [0.2, 0.25) is 0 Å². The van der Waals surface area contributed by atoms with E-state index in [9.17, 15) is 0 Å². The van der Waals surface area contributed by atoms with Crippen LogP contribution < -0.4 is 0 Å². The molecule has 1 aliphatic rings. The molecular formula is C10H9N3O. The Balaban J connectivity index is 2.25. The Bertz CT molecular complexity index is 389. The van der Waals surface area contributed by atoms with Gasteiger partial charge >= 0.3 is 0 Å². The van der Waals surface area contributed by atoms with Gasteiger partial charge in [0.1, 0.15) is 6.07 Å². The molecule has 1 aromatic rings. The molecule has 1 aliphatic heterocycles. The lowest BCUT2D eigenvalue weighted by atomic mass is 10.1. The van der Waals surface area contributed by atoms with Crippen molar-refractivity contribution in [3.63, 3.8) is 0 Å². The number of nitriles is 1. The second-order valence-corrected chi connectivity index (χ2v) is 2.97. The molecule has 0 spiro atoms. The first kappa shape index (κ1) is 8.85. The van der Waals surface area contributed by atoms with Crippen LogP contribution in [-0.4, -0.2) is 23.4 Å². The highest BCUT2D eigenvalue weighted by Gasteiger charge is 2.07. The molecule has 0 radical (unpaired) electrons. The van der Waals surface area contributed by atoms with Crippen LogP contribution >= 0.6 is 0 Å². The Morgan fingerprint density at radius 1 is 1.36 bits per heavy atom. The SMILES string of the molecule is N#Cc1ccc(C2=CCOCC2)nn1. The monoisotopic (exact) mass is 187 g/mol. The fourth-order valence-corrected chi connectivity index (χ4v) is 1.32. The fraction of sp³-hybridized carbons (Fsp3) is 0.300. The highest BCUT2D eigenvalue weighted by Crippen LogP contribution is 2.18. The summed E-state index contributed by atoms with van der Waals surface area (Å²) in [5, 5.41) is 16.3. The highest BCUT2D eigenvalue weighted by molar-refractivity contribution is 5.62. The number of nitrogens with zero attached hydrogens (tertiary/aromatic N) is 3. The van der Waals surface area contributed by atoms with Gasteiger partial charge in [0.25, 0.3) is 0 Å². The first-order valence-corrected chi connectivity index (χ1v) is 4.41. The molecule has 0 bridgehead atoms. The number of aromatic nitrogens is 2. The van der Waals surface area contributed by atoms with Crippen LogP contribution in [0.4, 0.5) is 0 Å². The van der Waals surface area contributed by atoms with Crippen molar-refractivity contribution in [2.24, 2.45) is 0 Å². The minimum atomic E-state index is 0.349. The summed E-state index contributed by atoms with van der Waals surface area (Å²) in [5.74, 6) is 0. The lowest BCUT2D eigenvalue weighted by Gasteiger charge is -2.11. The predicted molar refractivity (Wildman–Crippen MR) is 50.2 cm³/mol. The number of rotatable bonds is 1. The molecule has 0 aliphatic carbocycles. The third-order valence-electron chi connectivity index (χ3n) is 2.07. The van der Waals surface area contributed by atoms with Crippen molar-refractivity contribution in [2.45, 2.75) is 6.42 Å². The molecule has 1 aromatic heterocycles. The van der Waals surface area contributed by atoms with E-state index in [0.29, 0.717) is 12.3 Å². The highest BCUT2D eigenvalue weighted by atomic mass is 16.5. The maximum absolute atomic E-state index is 8.55. The second kappa shape index (κ2) is 3.99. The van der Waals surface area contributed by atoms with Crippen LogP contribution in [0, 0.1) is 11.3 Å². The van der Waals surface area contributed by atoms with Crippen molar-refractivity contribution in [1.29, 1.82) is 5.26 Å². The summed E-state index contributed by atoms with van der Waals surface area (Å²) in [5.41, 5.74) is 2.34. The van der Waals surface area contributed by atoms with Crippen molar-refractivity contribution in [1.82, 2.24) is 10.2 Å². The summed E-state index contributed by atoms with van der Waals surface area (Å²) in [6.45, 7) is 1.37. The van der Waals surface area contributed by atoms with E-state index in [1.807, 2.05) is 18.2 Å². The smallest absolute Gasteiger partial charge is 0.163 e. The fourth-order valence-electron chi connectivity index (χ4n) is 1.32. The summed E-state index contributed by atoms with van der Waals surface area (Å²) in [7, 11) is 0. The van der Waals surface area contributed by atoms with E-state index >= 15 is 0 Å². The molecule has 4 heteroatoms. The number of hydrogen-bond donors (Lipinski definition) is 0. The van der Waals surface area contributed by atoms with E-state index < -0.39 is 0 Å². The lowest BCUT2D eigenvalue weighted by molar-refractivity contribution is 0.161. The van der Waals surface area contributed by atoms with Crippen molar-refractivity contribution in [2.75, 3.05) is 13.2 Å². The molecule has 0 N–H and O–H groups in total. The van der Waals surface area contributed by atoms with Crippen LogP contribution in [0.15, 0.2) is 18.2 Å². The van der Waals surface area contributed by atoms with Gasteiger partial charge in [0.15, 0.2) is 5.69 Å². The largest absolute Gasteiger partial charge is 0.377 e. The first-order chi connectivity index (χ1) is 6.90. The van der Waals surface area contributed by atoms with E-state index in [4.69, 9.17) is 10.00 Å². The van der Waals surface area contributed by atoms with Gasteiger partial charge in [-0.25, -0.2) is 0 Å². The molecule has 14 heavy (non-hydrogen) atoms. The lowest BCUT2D eigenvalue weighted by Crippen LogP contribution is -2.05. The maximum atomic E-state index is 8.55. The van der Waals surface area contributed by atoms with E-state index in [2.05, 4.69) is 10.2 Å². The van der Waals surface area contributed by atoms with Gasteiger partial charge in [0, 0.05) is 0 Å². The van der Waals surface area contributed by atoms with E-state index in [0.717, 1.165) is 24.3 Å². The topological polar surface area (TPSA) is 58.8 Å². The third kappa shape index (κ3) is 1.78. The quantitative estimate of drug-likeness (QED) is 0.661. The van der Waals surface area contributed by atoms with Gasteiger partial charge in [0.2, 0.25) is 0 Å². The Morgan fingerprint density at radius 2 is 2.29 bits per heavy atom. The Morgan fingerprint density at radius 3 is 2.86 bits per heavy atom. The molecular weight excluding hydrogens is 178 g/mol. The van der Waals surface area contributed by atoms with Gasteiger partial charge in [-0.2, -0.15) is 5.26 Å². The van der Waals surface area contributed by atoms with Crippen LogP contribution in [0.1, 0.15) is 17.8 Å². The van der Waals surface area contributed by atoms with E-state index in [1.54, 1.807) is 6.07 Å². The molecule has 4 nitrogen and oxygen atoms in total. The van der Waals surface area contributed by atoms with Crippen molar-refractivity contribution in [3.8, 4) is 6.07 Å². The average Bonchev–Trinajstić information content (AvgIpc) is 2.30. The van der Waals surface area contributed by atoms with Gasteiger partial charge in [-0.15, -0.1) is 10.2 Å². The van der Waals surface area contributed by atoms with Crippen LogP contribution in [0.5, 0.6) is 0 Å². The van der Waals surface area contributed by atoms with Crippen LogP contribution in [0.3, 0.4) is 0 Å². The van der Waals surface area contributed by atoms with Gasteiger partial charge < -0.3 is 4.74 Å².